The summed E-state index contributed by atoms with van der Waals surface area (Å²) in [6.07, 6.45) is -1.10. The Morgan fingerprint density at radius 1 is 1.03 bits per heavy atom. The summed E-state index contributed by atoms with van der Waals surface area (Å²) in [7, 11) is -2.47. The third-order valence-corrected chi connectivity index (χ3v) is 8.03. The van der Waals surface area contributed by atoms with Crippen molar-refractivity contribution >= 4 is 38.1 Å². The van der Waals surface area contributed by atoms with Crippen molar-refractivity contribution in [1.29, 1.82) is 0 Å². The van der Waals surface area contributed by atoms with Crippen LogP contribution in [-0.2, 0) is 14.8 Å². The SMILES string of the molecule is COc1ccc(S(=O)(=O)N2CC(C(=O)Nc3nnc(-c4ccccc4)s3)Oc3ccccc32)cc1. The average Bonchev–Trinajstić information content (AvgIpc) is 3.37. The standard InChI is InChI=1S/C24H20N4O5S2/c1-32-17-11-13-18(14-12-17)35(30,31)28-15-21(33-20-10-6-5-9-19(20)28)22(29)25-24-27-26-23(34-24)16-7-3-2-4-8-16/h2-14,21H,15H2,1H3,(H,25,27,29). The van der Waals surface area contributed by atoms with Crippen LogP contribution in [0.1, 0.15) is 0 Å². The number of fused-ring (bicyclic) bond motifs is 1. The van der Waals surface area contributed by atoms with Gasteiger partial charge in [0.15, 0.2) is 6.10 Å². The minimum atomic E-state index is -3.98. The second-order valence-corrected chi connectivity index (χ2v) is 10.4. The maximum atomic E-state index is 13.5. The van der Waals surface area contributed by atoms with E-state index in [1.54, 1.807) is 36.4 Å². The van der Waals surface area contributed by atoms with Crippen LogP contribution in [0.2, 0.25) is 0 Å². The Kier molecular flexibility index (Phi) is 6.10. The lowest BCUT2D eigenvalue weighted by Crippen LogP contribution is -2.48. The first kappa shape index (κ1) is 22.8. The molecule has 11 heteroatoms. The molecule has 2 heterocycles. The topological polar surface area (TPSA) is 111 Å². The van der Waals surface area contributed by atoms with Gasteiger partial charge in [-0.2, -0.15) is 0 Å². The molecule has 1 unspecified atom stereocenters. The van der Waals surface area contributed by atoms with Gasteiger partial charge in [-0.25, -0.2) is 8.42 Å². The van der Waals surface area contributed by atoms with Gasteiger partial charge in [0.05, 0.1) is 24.2 Å². The number of nitrogens with one attached hydrogen (secondary N) is 1. The molecule has 1 aliphatic rings. The molecule has 5 rings (SSSR count). The molecular weight excluding hydrogens is 488 g/mol. The summed E-state index contributed by atoms with van der Waals surface area (Å²) in [5.41, 5.74) is 1.24. The third kappa shape index (κ3) is 4.55. The van der Waals surface area contributed by atoms with Gasteiger partial charge in [0.1, 0.15) is 16.5 Å². The largest absolute Gasteiger partial charge is 0.497 e. The molecule has 1 aliphatic heterocycles. The molecule has 4 aromatic rings. The lowest BCUT2D eigenvalue weighted by atomic mass is 10.2. The van der Waals surface area contributed by atoms with E-state index in [0.717, 1.165) is 5.56 Å². The van der Waals surface area contributed by atoms with Crippen molar-refractivity contribution in [3.8, 4) is 22.1 Å². The van der Waals surface area contributed by atoms with Crippen LogP contribution >= 0.6 is 11.3 Å². The normalized spacial score (nSPS) is 15.1. The molecule has 35 heavy (non-hydrogen) atoms. The molecule has 9 nitrogen and oxygen atoms in total. The van der Waals surface area contributed by atoms with Crippen LogP contribution in [0.4, 0.5) is 10.8 Å². The number of para-hydroxylation sites is 2. The number of benzene rings is 3. The van der Waals surface area contributed by atoms with Crippen molar-refractivity contribution in [2.24, 2.45) is 0 Å². The number of rotatable bonds is 6. The van der Waals surface area contributed by atoms with E-state index >= 15 is 0 Å². The van der Waals surface area contributed by atoms with Crippen LogP contribution in [-0.4, -0.2) is 44.3 Å². The Hall–Kier alpha value is -3.96. The number of anilines is 2. The van der Waals surface area contributed by atoms with Crippen LogP contribution in [0.5, 0.6) is 11.5 Å². The lowest BCUT2D eigenvalue weighted by molar-refractivity contribution is -0.122. The second-order valence-electron chi connectivity index (χ2n) is 7.55. The van der Waals surface area contributed by atoms with E-state index in [1.165, 1.54) is 34.9 Å². The van der Waals surface area contributed by atoms with Gasteiger partial charge >= 0.3 is 0 Å². The zero-order chi connectivity index (χ0) is 24.4. The molecule has 0 radical (unpaired) electrons. The van der Waals surface area contributed by atoms with Crippen LogP contribution in [0.15, 0.2) is 83.8 Å². The number of carbonyl (C=O) groups excluding carboxylic acids is 1. The number of methoxy groups -OCH3 is 1. The molecule has 0 fully saturated rings. The quantitative estimate of drug-likeness (QED) is 0.422. The monoisotopic (exact) mass is 508 g/mol. The molecule has 0 spiro atoms. The maximum Gasteiger partial charge on any atom is 0.269 e. The van der Waals surface area contributed by atoms with Crippen molar-refractivity contribution in [1.82, 2.24) is 10.2 Å². The first-order chi connectivity index (χ1) is 17.0. The van der Waals surface area contributed by atoms with Gasteiger partial charge in [-0.3, -0.25) is 14.4 Å². The summed E-state index contributed by atoms with van der Waals surface area (Å²) in [5, 5.41) is 11.8. The summed E-state index contributed by atoms with van der Waals surface area (Å²) < 4.78 is 39.2. The van der Waals surface area contributed by atoms with Crippen LogP contribution < -0.4 is 19.1 Å². The van der Waals surface area contributed by atoms with Crippen LogP contribution in [0.3, 0.4) is 0 Å². The minimum absolute atomic E-state index is 0.0748. The molecular formula is C24H20N4O5S2. The van der Waals surface area contributed by atoms with Gasteiger partial charge < -0.3 is 9.47 Å². The summed E-state index contributed by atoms with van der Waals surface area (Å²) in [4.78, 5) is 13.2. The third-order valence-electron chi connectivity index (χ3n) is 5.35. The maximum absolute atomic E-state index is 13.5. The zero-order valence-electron chi connectivity index (χ0n) is 18.5. The fraction of sp³-hybridized carbons (Fsp3) is 0.125. The minimum Gasteiger partial charge on any atom is -0.497 e. The predicted molar refractivity (Wildman–Crippen MR) is 132 cm³/mol. The van der Waals surface area contributed by atoms with Crippen molar-refractivity contribution in [2.45, 2.75) is 11.0 Å². The summed E-state index contributed by atoms with van der Waals surface area (Å²) in [6.45, 7) is -0.207. The first-order valence-electron chi connectivity index (χ1n) is 10.6. The Morgan fingerprint density at radius 2 is 1.74 bits per heavy atom. The van der Waals surface area contributed by atoms with E-state index in [0.29, 0.717) is 27.3 Å². The Balaban J connectivity index is 1.40. The molecule has 1 amide bonds. The Labute approximate surface area is 206 Å². The van der Waals surface area contributed by atoms with Gasteiger partial charge in [0, 0.05) is 5.56 Å². The van der Waals surface area contributed by atoms with Crippen LogP contribution in [0.25, 0.3) is 10.6 Å². The van der Waals surface area contributed by atoms with E-state index in [2.05, 4.69) is 15.5 Å². The molecule has 0 aliphatic carbocycles. The van der Waals surface area contributed by atoms with Crippen molar-refractivity contribution in [2.75, 3.05) is 23.3 Å². The second kappa shape index (κ2) is 9.35. The highest BCUT2D eigenvalue weighted by Crippen LogP contribution is 2.37. The van der Waals surface area contributed by atoms with Crippen LogP contribution in [0, 0.1) is 0 Å². The van der Waals surface area contributed by atoms with Crippen molar-refractivity contribution in [3.05, 3.63) is 78.9 Å². The Morgan fingerprint density at radius 3 is 2.49 bits per heavy atom. The number of carbonyl (C=O) groups is 1. The van der Waals surface area contributed by atoms with E-state index in [9.17, 15) is 13.2 Å². The molecule has 0 saturated carbocycles. The summed E-state index contributed by atoms with van der Waals surface area (Å²) in [5.74, 6) is 0.305. The van der Waals surface area contributed by atoms with Crippen molar-refractivity contribution in [3.63, 3.8) is 0 Å². The Bertz CT molecular complexity index is 1460. The molecule has 178 valence electrons. The summed E-state index contributed by atoms with van der Waals surface area (Å²) in [6, 6.07) is 22.3. The highest BCUT2D eigenvalue weighted by atomic mass is 32.2. The fourth-order valence-electron chi connectivity index (χ4n) is 3.60. The molecule has 3 aromatic carbocycles. The number of ether oxygens (including phenoxy) is 2. The first-order valence-corrected chi connectivity index (χ1v) is 12.8. The number of nitrogens with zero attached hydrogens (tertiary/aromatic N) is 3. The average molecular weight is 509 g/mol. The number of hydrogen-bond donors (Lipinski definition) is 1. The number of hydrogen-bond acceptors (Lipinski definition) is 8. The predicted octanol–water partition coefficient (Wildman–Crippen LogP) is 3.81. The highest BCUT2D eigenvalue weighted by molar-refractivity contribution is 7.92. The van der Waals surface area contributed by atoms with Gasteiger partial charge in [-0.1, -0.05) is 53.8 Å². The molecule has 1 N–H and O–H groups in total. The smallest absolute Gasteiger partial charge is 0.269 e. The number of sulfonamides is 1. The van der Waals surface area contributed by atoms with Crippen molar-refractivity contribution < 1.29 is 22.7 Å². The number of amides is 1. The molecule has 1 atom stereocenters. The molecule has 0 bridgehead atoms. The van der Waals surface area contributed by atoms with E-state index in [-0.39, 0.29) is 11.4 Å². The zero-order valence-corrected chi connectivity index (χ0v) is 20.1. The van der Waals surface area contributed by atoms with Gasteiger partial charge in [-0.15, -0.1) is 10.2 Å². The summed E-state index contributed by atoms with van der Waals surface area (Å²) >= 11 is 1.22. The van der Waals surface area contributed by atoms with E-state index in [4.69, 9.17) is 9.47 Å². The molecule has 1 aromatic heterocycles. The highest BCUT2D eigenvalue weighted by Gasteiger charge is 2.37. The van der Waals surface area contributed by atoms with Gasteiger partial charge in [0.25, 0.3) is 15.9 Å². The van der Waals surface area contributed by atoms with Gasteiger partial charge in [0.2, 0.25) is 5.13 Å². The molecule has 0 saturated heterocycles. The number of aromatic nitrogens is 2. The van der Waals surface area contributed by atoms with E-state index < -0.39 is 22.0 Å². The van der Waals surface area contributed by atoms with E-state index in [1.807, 2.05) is 30.3 Å². The fourth-order valence-corrected chi connectivity index (χ4v) is 5.83. The lowest BCUT2D eigenvalue weighted by Gasteiger charge is -2.34. The van der Waals surface area contributed by atoms with Gasteiger partial charge in [-0.05, 0) is 36.4 Å².